The molecule has 1 N–H and O–H groups in total. The summed E-state index contributed by atoms with van der Waals surface area (Å²) in [6, 6.07) is 0. The first kappa shape index (κ1) is 10.5. The van der Waals surface area contributed by atoms with E-state index < -0.39 is 0 Å². The lowest BCUT2D eigenvalue weighted by Crippen LogP contribution is -2.43. The summed E-state index contributed by atoms with van der Waals surface area (Å²) in [5.74, 6) is 1.28. The highest BCUT2D eigenvalue weighted by atomic mass is 16.2. The Hall–Kier alpha value is -0.570. The number of carbonyl (C=O) groups excluding carboxylic acids is 1. The van der Waals surface area contributed by atoms with Gasteiger partial charge >= 0.3 is 0 Å². The Morgan fingerprint density at radius 1 is 1.46 bits per heavy atom. The zero-order valence-corrected chi connectivity index (χ0v) is 9.00. The van der Waals surface area contributed by atoms with Crippen molar-refractivity contribution in [2.75, 3.05) is 13.1 Å². The van der Waals surface area contributed by atoms with Gasteiger partial charge in [-0.15, -0.1) is 0 Å². The Bertz CT molecular complexity index is 189. The quantitative estimate of drug-likeness (QED) is 0.711. The number of hydrogen-bond donors (Lipinski definition) is 1. The molecule has 0 aliphatic carbocycles. The molecule has 1 saturated heterocycles. The van der Waals surface area contributed by atoms with Crippen LogP contribution in [0.15, 0.2) is 0 Å². The predicted octanol–water partition coefficient (Wildman–Crippen LogP) is 1.06. The summed E-state index contributed by atoms with van der Waals surface area (Å²) in [5.41, 5.74) is 0. The van der Waals surface area contributed by atoms with E-state index in [1.54, 1.807) is 0 Å². The summed E-state index contributed by atoms with van der Waals surface area (Å²) in [4.78, 5) is 13.5. The molecule has 1 rings (SSSR count). The van der Waals surface area contributed by atoms with Crippen LogP contribution in [0.3, 0.4) is 0 Å². The fourth-order valence-electron chi connectivity index (χ4n) is 1.76. The molecule has 1 heterocycles. The third-order valence-electron chi connectivity index (χ3n) is 2.31. The van der Waals surface area contributed by atoms with Gasteiger partial charge in [0.15, 0.2) is 0 Å². The lowest BCUT2D eigenvalue weighted by molar-refractivity contribution is -0.129. The van der Waals surface area contributed by atoms with Gasteiger partial charge in [0, 0.05) is 6.54 Å². The summed E-state index contributed by atoms with van der Waals surface area (Å²) in [6.45, 7) is 9.95. The van der Waals surface area contributed by atoms with Gasteiger partial charge in [-0.25, -0.2) is 0 Å². The van der Waals surface area contributed by atoms with Crippen LogP contribution in [0.1, 0.15) is 27.7 Å². The van der Waals surface area contributed by atoms with Crippen LogP contribution in [-0.2, 0) is 4.79 Å². The van der Waals surface area contributed by atoms with Crippen LogP contribution in [-0.4, -0.2) is 30.1 Å². The minimum absolute atomic E-state index is 0.243. The van der Waals surface area contributed by atoms with Crippen molar-refractivity contribution in [3.8, 4) is 0 Å². The summed E-state index contributed by atoms with van der Waals surface area (Å²) in [7, 11) is 0. The first-order valence-corrected chi connectivity index (χ1v) is 5.05. The average molecular weight is 184 g/mol. The second-order valence-electron chi connectivity index (χ2n) is 4.51. The van der Waals surface area contributed by atoms with E-state index in [2.05, 4.69) is 33.0 Å². The fourth-order valence-corrected chi connectivity index (χ4v) is 1.76. The third kappa shape index (κ3) is 2.44. The maximum Gasteiger partial charge on any atom is 0.237 e. The van der Waals surface area contributed by atoms with E-state index in [9.17, 15) is 4.79 Å². The van der Waals surface area contributed by atoms with E-state index in [0.717, 1.165) is 6.54 Å². The Labute approximate surface area is 80.5 Å². The summed E-state index contributed by atoms with van der Waals surface area (Å²) in [5, 5.41) is 3.24. The molecule has 0 aromatic rings. The maximum atomic E-state index is 11.5. The van der Waals surface area contributed by atoms with E-state index >= 15 is 0 Å². The van der Waals surface area contributed by atoms with Gasteiger partial charge in [0.25, 0.3) is 0 Å². The fraction of sp³-hybridized carbons (Fsp3) is 0.900. The first-order valence-electron chi connectivity index (χ1n) is 5.05. The molecule has 1 amide bonds. The van der Waals surface area contributed by atoms with Crippen LogP contribution in [0.25, 0.3) is 0 Å². The van der Waals surface area contributed by atoms with Crippen molar-refractivity contribution < 1.29 is 4.79 Å². The molecule has 1 atom stereocenters. The van der Waals surface area contributed by atoms with Crippen LogP contribution in [0, 0.1) is 11.8 Å². The van der Waals surface area contributed by atoms with Crippen LogP contribution >= 0.6 is 0 Å². The highest BCUT2D eigenvalue weighted by molar-refractivity contribution is 5.80. The lowest BCUT2D eigenvalue weighted by atomic mass is 10.1. The topological polar surface area (TPSA) is 32.3 Å². The van der Waals surface area contributed by atoms with Crippen LogP contribution < -0.4 is 5.32 Å². The second-order valence-corrected chi connectivity index (χ2v) is 4.51. The van der Waals surface area contributed by atoms with E-state index in [1.165, 1.54) is 0 Å². The largest absolute Gasteiger partial charge is 0.326 e. The van der Waals surface area contributed by atoms with Gasteiger partial charge in [0.1, 0.15) is 0 Å². The van der Waals surface area contributed by atoms with Gasteiger partial charge in [-0.3, -0.25) is 10.1 Å². The molecule has 0 spiro atoms. The third-order valence-corrected chi connectivity index (χ3v) is 2.31. The van der Waals surface area contributed by atoms with Crippen molar-refractivity contribution in [3.63, 3.8) is 0 Å². The summed E-state index contributed by atoms with van der Waals surface area (Å²) < 4.78 is 0. The molecule has 13 heavy (non-hydrogen) atoms. The standard InChI is InChI=1S/C10H20N2O/c1-7(2)6-12-9(13)5-11-10(12)8(3)4/h7-8,10-11H,5-6H2,1-4H3. The van der Waals surface area contributed by atoms with E-state index in [1.807, 2.05) is 4.90 Å². The minimum Gasteiger partial charge on any atom is -0.326 e. The number of nitrogens with one attached hydrogen (secondary N) is 1. The maximum absolute atomic E-state index is 11.5. The highest BCUT2D eigenvalue weighted by Gasteiger charge is 2.32. The van der Waals surface area contributed by atoms with Crippen molar-refractivity contribution >= 4 is 5.91 Å². The van der Waals surface area contributed by atoms with Crippen LogP contribution in [0.2, 0.25) is 0 Å². The van der Waals surface area contributed by atoms with Crippen LogP contribution in [0.4, 0.5) is 0 Å². The van der Waals surface area contributed by atoms with Crippen molar-refractivity contribution in [3.05, 3.63) is 0 Å². The Balaban J connectivity index is 2.60. The molecule has 1 aliphatic heterocycles. The molecule has 0 bridgehead atoms. The van der Waals surface area contributed by atoms with Crippen molar-refractivity contribution in [1.29, 1.82) is 0 Å². The molecule has 0 aromatic heterocycles. The molecule has 3 nitrogen and oxygen atoms in total. The number of carbonyl (C=O) groups is 1. The van der Waals surface area contributed by atoms with Gasteiger partial charge in [-0.1, -0.05) is 27.7 Å². The van der Waals surface area contributed by atoms with Gasteiger partial charge in [-0.2, -0.15) is 0 Å². The second kappa shape index (κ2) is 4.09. The molecule has 76 valence electrons. The van der Waals surface area contributed by atoms with E-state index in [0.29, 0.717) is 18.4 Å². The first-order chi connectivity index (χ1) is 6.02. The van der Waals surface area contributed by atoms with Gasteiger partial charge in [0.05, 0.1) is 12.7 Å². The van der Waals surface area contributed by atoms with Crippen molar-refractivity contribution in [1.82, 2.24) is 10.2 Å². The summed E-state index contributed by atoms with van der Waals surface area (Å²) in [6.07, 6.45) is 0.245. The van der Waals surface area contributed by atoms with Gasteiger partial charge in [0.2, 0.25) is 5.91 Å². The van der Waals surface area contributed by atoms with Gasteiger partial charge < -0.3 is 4.90 Å². The smallest absolute Gasteiger partial charge is 0.237 e. The predicted molar refractivity (Wildman–Crippen MR) is 53.2 cm³/mol. The summed E-state index contributed by atoms with van der Waals surface area (Å²) >= 11 is 0. The molecule has 1 unspecified atom stereocenters. The van der Waals surface area contributed by atoms with Gasteiger partial charge in [-0.05, 0) is 11.8 Å². The number of amides is 1. The lowest BCUT2D eigenvalue weighted by Gasteiger charge is -2.28. The zero-order chi connectivity index (χ0) is 10.0. The van der Waals surface area contributed by atoms with E-state index in [-0.39, 0.29) is 12.1 Å². The normalized spacial score (nSPS) is 23.7. The average Bonchev–Trinajstić information content (AvgIpc) is 2.32. The minimum atomic E-state index is 0.243. The monoisotopic (exact) mass is 184 g/mol. The van der Waals surface area contributed by atoms with Crippen LogP contribution in [0.5, 0.6) is 0 Å². The molecule has 0 aromatic carbocycles. The SMILES string of the molecule is CC(C)CN1C(=O)CNC1C(C)C. The molecule has 1 aliphatic rings. The van der Waals surface area contributed by atoms with E-state index in [4.69, 9.17) is 0 Å². The molecular weight excluding hydrogens is 164 g/mol. The number of nitrogens with zero attached hydrogens (tertiary/aromatic N) is 1. The molecule has 0 radical (unpaired) electrons. The molecule has 3 heteroatoms. The molecular formula is C10H20N2O. The highest BCUT2D eigenvalue weighted by Crippen LogP contribution is 2.15. The molecule has 1 fully saturated rings. The number of rotatable bonds is 3. The van der Waals surface area contributed by atoms with Crippen molar-refractivity contribution in [2.24, 2.45) is 11.8 Å². The number of hydrogen-bond acceptors (Lipinski definition) is 2. The molecule has 0 saturated carbocycles. The zero-order valence-electron chi connectivity index (χ0n) is 9.00. The van der Waals surface area contributed by atoms with Crippen molar-refractivity contribution in [2.45, 2.75) is 33.9 Å². The Morgan fingerprint density at radius 2 is 2.08 bits per heavy atom. The Morgan fingerprint density at radius 3 is 2.54 bits per heavy atom. The Kier molecular flexibility index (Phi) is 3.31.